The number of hydrogen-bond donors (Lipinski definition) is 0. The van der Waals surface area contributed by atoms with Gasteiger partial charge >= 0.3 is 0 Å². The topological polar surface area (TPSA) is 60.9 Å². The lowest BCUT2D eigenvalue weighted by atomic mass is 10.1. The molecular formula is C18H23N3O3. The van der Waals surface area contributed by atoms with E-state index in [2.05, 4.69) is 0 Å². The lowest BCUT2D eigenvalue weighted by Gasteiger charge is -2.28. The lowest BCUT2D eigenvalue weighted by molar-refractivity contribution is -0.131. The SMILES string of the molecule is CCN(CC)C(=O)CN1C(=O)[C@H]2CCCN2C(=O)c2ccccc21. The zero-order chi connectivity index (χ0) is 17.3. The number of anilines is 1. The number of benzene rings is 1. The number of carbonyl (C=O) groups is 3. The molecule has 0 aromatic heterocycles. The van der Waals surface area contributed by atoms with Crippen molar-refractivity contribution in [2.75, 3.05) is 31.1 Å². The van der Waals surface area contributed by atoms with Gasteiger partial charge in [0.15, 0.2) is 0 Å². The summed E-state index contributed by atoms with van der Waals surface area (Å²) in [5.41, 5.74) is 1.05. The molecule has 6 nitrogen and oxygen atoms in total. The minimum atomic E-state index is -0.450. The first-order valence-corrected chi connectivity index (χ1v) is 8.57. The van der Waals surface area contributed by atoms with Crippen LogP contribution in [0.2, 0.25) is 0 Å². The zero-order valence-corrected chi connectivity index (χ0v) is 14.2. The van der Waals surface area contributed by atoms with Gasteiger partial charge in [-0.3, -0.25) is 14.4 Å². The lowest BCUT2D eigenvalue weighted by Crippen LogP contribution is -2.48. The smallest absolute Gasteiger partial charge is 0.256 e. The van der Waals surface area contributed by atoms with Crippen LogP contribution in [0.5, 0.6) is 0 Å². The number of amides is 3. The summed E-state index contributed by atoms with van der Waals surface area (Å²) in [6, 6.07) is 6.63. The van der Waals surface area contributed by atoms with Gasteiger partial charge in [0.1, 0.15) is 12.6 Å². The third-order valence-corrected chi connectivity index (χ3v) is 4.90. The summed E-state index contributed by atoms with van der Waals surface area (Å²) in [6.45, 7) is 5.63. The summed E-state index contributed by atoms with van der Waals surface area (Å²) in [5.74, 6) is -0.354. The van der Waals surface area contributed by atoms with Crippen molar-refractivity contribution in [2.24, 2.45) is 0 Å². The monoisotopic (exact) mass is 329 g/mol. The summed E-state index contributed by atoms with van der Waals surface area (Å²) in [6.07, 6.45) is 1.48. The molecule has 24 heavy (non-hydrogen) atoms. The number of hydrogen-bond acceptors (Lipinski definition) is 3. The maximum absolute atomic E-state index is 13.0. The fourth-order valence-electron chi connectivity index (χ4n) is 3.58. The van der Waals surface area contributed by atoms with Crippen LogP contribution in [-0.2, 0) is 9.59 Å². The molecule has 2 aliphatic heterocycles. The van der Waals surface area contributed by atoms with Crippen LogP contribution in [0.1, 0.15) is 37.0 Å². The largest absolute Gasteiger partial charge is 0.342 e. The highest BCUT2D eigenvalue weighted by atomic mass is 16.2. The van der Waals surface area contributed by atoms with Crippen LogP contribution in [0.15, 0.2) is 24.3 Å². The molecule has 1 atom stereocenters. The Balaban J connectivity index is 2.00. The highest BCUT2D eigenvalue weighted by Gasteiger charge is 2.42. The Morgan fingerprint density at radius 3 is 2.62 bits per heavy atom. The summed E-state index contributed by atoms with van der Waals surface area (Å²) in [7, 11) is 0. The molecule has 2 heterocycles. The molecule has 3 amide bonds. The molecule has 0 N–H and O–H groups in total. The van der Waals surface area contributed by atoms with Crippen molar-refractivity contribution in [2.45, 2.75) is 32.7 Å². The Morgan fingerprint density at radius 2 is 1.92 bits per heavy atom. The number of fused-ring (bicyclic) bond motifs is 2. The molecule has 1 saturated heterocycles. The average molecular weight is 329 g/mol. The van der Waals surface area contributed by atoms with E-state index >= 15 is 0 Å². The van der Waals surface area contributed by atoms with Gasteiger partial charge in [0, 0.05) is 19.6 Å². The Bertz CT molecular complexity index is 669. The van der Waals surface area contributed by atoms with Crippen molar-refractivity contribution in [3.63, 3.8) is 0 Å². The van der Waals surface area contributed by atoms with Crippen molar-refractivity contribution >= 4 is 23.4 Å². The molecular weight excluding hydrogens is 306 g/mol. The maximum Gasteiger partial charge on any atom is 0.256 e. The van der Waals surface area contributed by atoms with Gasteiger partial charge in [-0.2, -0.15) is 0 Å². The van der Waals surface area contributed by atoms with Crippen LogP contribution in [0.3, 0.4) is 0 Å². The van der Waals surface area contributed by atoms with E-state index in [-0.39, 0.29) is 24.3 Å². The molecule has 0 spiro atoms. The number of rotatable bonds is 4. The molecule has 6 heteroatoms. The van der Waals surface area contributed by atoms with E-state index < -0.39 is 6.04 Å². The number of likely N-dealkylation sites (N-methyl/N-ethyl adjacent to an activating group) is 1. The van der Waals surface area contributed by atoms with Crippen LogP contribution in [0.4, 0.5) is 5.69 Å². The molecule has 0 bridgehead atoms. The molecule has 0 radical (unpaired) electrons. The van der Waals surface area contributed by atoms with Crippen molar-refractivity contribution in [3.05, 3.63) is 29.8 Å². The van der Waals surface area contributed by atoms with Crippen molar-refractivity contribution in [3.8, 4) is 0 Å². The van der Waals surface area contributed by atoms with Crippen molar-refractivity contribution < 1.29 is 14.4 Å². The van der Waals surface area contributed by atoms with Gasteiger partial charge in [-0.15, -0.1) is 0 Å². The fourth-order valence-corrected chi connectivity index (χ4v) is 3.58. The predicted molar refractivity (Wildman–Crippen MR) is 90.8 cm³/mol. The minimum Gasteiger partial charge on any atom is -0.342 e. The molecule has 1 aromatic carbocycles. The molecule has 128 valence electrons. The van der Waals surface area contributed by atoms with Gasteiger partial charge < -0.3 is 14.7 Å². The highest BCUT2D eigenvalue weighted by Crippen LogP contribution is 2.32. The van der Waals surface area contributed by atoms with Gasteiger partial charge in [0.2, 0.25) is 11.8 Å². The first-order valence-electron chi connectivity index (χ1n) is 8.57. The van der Waals surface area contributed by atoms with Crippen LogP contribution in [0, 0.1) is 0 Å². The van der Waals surface area contributed by atoms with E-state index in [1.54, 1.807) is 34.1 Å². The Kier molecular flexibility index (Phi) is 4.55. The fraction of sp³-hybridized carbons (Fsp3) is 0.500. The normalized spacial score (nSPS) is 19.8. The van der Waals surface area contributed by atoms with Crippen LogP contribution >= 0.6 is 0 Å². The average Bonchev–Trinajstić information content (AvgIpc) is 3.06. The molecule has 1 aromatic rings. The second-order valence-electron chi connectivity index (χ2n) is 6.16. The molecule has 2 aliphatic rings. The van der Waals surface area contributed by atoms with Gasteiger partial charge in [-0.05, 0) is 38.8 Å². The third-order valence-electron chi connectivity index (χ3n) is 4.90. The van der Waals surface area contributed by atoms with E-state index in [9.17, 15) is 14.4 Å². The van der Waals surface area contributed by atoms with E-state index in [1.807, 2.05) is 13.8 Å². The molecule has 0 saturated carbocycles. The summed E-state index contributed by atoms with van der Waals surface area (Å²) >= 11 is 0. The van der Waals surface area contributed by atoms with Crippen molar-refractivity contribution in [1.82, 2.24) is 9.80 Å². The molecule has 1 fully saturated rings. The Hall–Kier alpha value is -2.37. The van der Waals surface area contributed by atoms with E-state index in [4.69, 9.17) is 0 Å². The third kappa shape index (κ3) is 2.66. The zero-order valence-electron chi connectivity index (χ0n) is 14.2. The van der Waals surface area contributed by atoms with Crippen LogP contribution in [0.25, 0.3) is 0 Å². The second-order valence-corrected chi connectivity index (χ2v) is 6.16. The first-order chi connectivity index (χ1) is 11.6. The number of para-hydroxylation sites is 1. The van der Waals surface area contributed by atoms with Crippen LogP contribution in [-0.4, -0.2) is 59.7 Å². The predicted octanol–water partition coefficient (Wildman–Crippen LogP) is 1.51. The molecule has 3 rings (SSSR count). The van der Waals surface area contributed by atoms with Crippen LogP contribution < -0.4 is 4.90 Å². The summed E-state index contributed by atoms with van der Waals surface area (Å²) in [5, 5.41) is 0. The Labute approximate surface area is 142 Å². The molecule has 0 aliphatic carbocycles. The van der Waals surface area contributed by atoms with Crippen molar-refractivity contribution in [1.29, 1.82) is 0 Å². The maximum atomic E-state index is 13.0. The van der Waals surface area contributed by atoms with Gasteiger partial charge in [0.05, 0.1) is 11.3 Å². The molecule has 0 unspecified atom stereocenters. The highest BCUT2D eigenvalue weighted by molar-refractivity contribution is 6.12. The van der Waals surface area contributed by atoms with E-state index in [0.717, 1.165) is 6.42 Å². The standard InChI is InChI=1S/C18H23N3O3/c1-3-19(4-2)16(22)12-21-14-9-6-5-8-13(14)17(23)20-11-7-10-15(20)18(21)24/h5-6,8-9,15H,3-4,7,10-12H2,1-2H3/t15-/m1/s1. The minimum absolute atomic E-state index is 0.0187. The Morgan fingerprint density at radius 1 is 1.21 bits per heavy atom. The van der Waals surface area contributed by atoms with Gasteiger partial charge in [-0.25, -0.2) is 0 Å². The van der Waals surface area contributed by atoms with Gasteiger partial charge in [-0.1, -0.05) is 12.1 Å². The van der Waals surface area contributed by atoms with Gasteiger partial charge in [0.25, 0.3) is 5.91 Å². The van der Waals surface area contributed by atoms with E-state index in [0.29, 0.717) is 37.3 Å². The summed E-state index contributed by atoms with van der Waals surface area (Å²) in [4.78, 5) is 43.2. The number of carbonyl (C=O) groups excluding carboxylic acids is 3. The number of nitrogens with zero attached hydrogens (tertiary/aromatic N) is 3. The quantitative estimate of drug-likeness (QED) is 0.841. The first kappa shape index (κ1) is 16.5. The summed E-state index contributed by atoms with van der Waals surface area (Å²) < 4.78 is 0. The second kappa shape index (κ2) is 6.63. The van der Waals surface area contributed by atoms with E-state index in [1.165, 1.54) is 4.90 Å².